The normalized spacial score (nSPS) is 18.6. The van der Waals surface area contributed by atoms with Gasteiger partial charge in [-0.05, 0) is 37.8 Å². The van der Waals surface area contributed by atoms with Crippen molar-refractivity contribution in [2.45, 2.75) is 31.7 Å². The molecule has 1 N–H and O–H groups in total. The molecule has 1 aromatic rings. The third kappa shape index (κ3) is 2.95. The van der Waals surface area contributed by atoms with Gasteiger partial charge in [0.05, 0.1) is 0 Å². The number of rotatable bonds is 4. The number of carbonyl (C=O) groups excluding carboxylic acids is 1. The van der Waals surface area contributed by atoms with Crippen molar-refractivity contribution >= 4 is 5.91 Å². The van der Waals surface area contributed by atoms with Crippen LogP contribution in [0.25, 0.3) is 0 Å². The van der Waals surface area contributed by atoms with Crippen LogP contribution in [-0.2, 0) is 0 Å². The fourth-order valence-electron chi connectivity index (χ4n) is 2.57. The van der Waals surface area contributed by atoms with Crippen LogP contribution in [0.2, 0.25) is 0 Å². The van der Waals surface area contributed by atoms with Crippen molar-refractivity contribution in [2.24, 2.45) is 0 Å². The average Bonchev–Trinajstić information content (AvgIpc) is 2.89. The molecule has 20 heavy (non-hydrogen) atoms. The van der Waals surface area contributed by atoms with Crippen LogP contribution in [0.4, 0.5) is 13.2 Å². The summed E-state index contributed by atoms with van der Waals surface area (Å²) in [6, 6.07) is 1.41. The van der Waals surface area contributed by atoms with E-state index in [9.17, 15) is 18.0 Å². The molecular formula is C14H16F3NO2. The summed E-state index contributed by atoms with van der Waals surface area (Å²) in [6.07, 6.45) is 2.83. The van der Waals surface area contributed by atoms with Crippen LogP contribution in [0.1, 0.15) is 36.0 Å². The van der Waals surface area contributed by atoms with Gasteiger partial charge < -0.3 is 10.0 Å². The van der Waals surface area contributed by atoms with Crippen LogP contribution < -0.4 is 0 Å². The third-order valence-corrected chi connectivity index (χ3v) is 3.56. The van der Waals surface area contributed by atoms with E-state index in [2.05, 4.69) is 0 Å². The fourth-order valence-corrected chi connectivity index (χ4v) is 2.57. The molecule has 0 spiro atoms. The standard InChI is InChI=1S/C14H16F3NO2/c15-11-7-9(8-12(16)13(11)17)14(20)18-5-1-3-10(18)4-2-6-19/h7-8,10,19H,1-6H2. The lowest BCUT2D eigenvalue weighted by molar-refractivity contribution is 0.0723. The van der Waals surface area contributed by atoms with Crippen LogP contribution >= 0.6 is 0 Å². The molecule has 1 heterocycles. The molecule has 1 amide bonds. The Morgan fingerprint density at radius 2 is 1.95 bits per heavy atom. The fraction of sp³-hybridized carbons (Fsp3) is 0.500. The molecule has 1 aliphatic heterocycles. The number of nitrogens with zero attached hydrogens (tertiary/aromatic N) is 1. The molecule has 1 atom stereocenters. The van der Waals surface area contributed by atoms with Gasteiger partial charge in [-0.25, -0.2) is 13.2 Å². The molecule has 1 saturated heterocycles. The summed E-state index contributed by atoms with van der Waals surface area (Å²) in [7, 11) is 0. The first-order valence-corrected chi connectivity index (χ1v) is 6.61. The van der Waals surface area contributed by atoms with E-state index in [1.807, 2.05) is 0 Å². The molecule has 6 heteroatoms. The minimum Gasteiger partial charge on any atom is -0.396 e. The van der Waals surface area contributed by atoms with Gasteiger partial charge >= 0.3 is 0 Å². The minimum absolute atomic E-state index is 0.0363. The van der Waals surface area contributed by atoms with E-state index in [4.69, 9.17) is 5.11 Å². The van der Waals surface area contributed by atoms with Gasteiger partial charge in [0, 0.05) is 24.8 Å². The van der Waals surface area contributed by atoms with Crippen LogP contribution in [0, 0.1) is 17.5 Å². The average molecular weight is 287 g/mol. The van der Waals surface area contributed by atoms with E-state index in [1.54, 1.807) is 4.90 Å². The Morgan fingerprint density at radius 3 is 2.55 bits per heavy atom. The predicted molar refractivity (Wildman–Crippen MR) is 66.7 cm³/mol. The van der Waals surface area contributed by atoms with Crippen molar-refractivity contribution in [1.29, 1.82) is 0 Å². The lowest BCUT2D eigenvalue weighted by Gasteiger charge is -2.24. The highest BCUT2D eigenvalue weighted by atomic mass is 19.2. The molecule has 3 nitrogen and oxygen atoms in total. The Kier molecular flexibility index (Phi) is 4.65. The first kappa shape index (κ1) is 14.8. The number of aliphatic hydroxyl groups excluding tert-OH is 1. The van der Waals surface area contributed by atoms with Gasteiger partial charge in [-0.3, -0.25) is 4.79 Å². The zero-order valence-corrected chi connectivity index (χ0v) is 10.9. The maximum Gasteiger partial charge on any atom is 0.254 e. The topological polar surface area (TPSA) is 40.5 Å². The second-order valence-electron chi connectivity index (χ2n) is 4.91. The van der Waals surface area contributed by atoms with Crippen LogP contribution in [0.5, 0.6) is 0 Å². The largest absolute Gasteiger partial charge is 0.396 e. The number of hydrogen-bond donors (Lipinski definition) is 1. The summed E-state index contributed by atoms with van der Waals surface area (Å²) < 4.78 is 39.2. The molecule has 0 saturated carbocycles. The molecule has 0 bridgehead atoms. The predicted octanol–water partition coefficient (Wildman–Crippen LogP) is 2.48. The molecule has 0 aromatic heterocycles. The Morgan fingerprint density at radius 1 is 1.30 bits per heavy atom. The van der Waals surface area contributed by atoms with Crippen LogP contribution in [0.15, 0.2) is 12.1 Å². The maximum atomic E-state index is 13.2. The Bertz CT molecular complexity index is 484. The van der Waals surface area contributed by atoms with Crippen molar-refractivity contribution in [2.75, 3.05) is 13.2 Å². The quantitative estimate of drug-likeness (QED) is 0.864. The highest BCUT2D eigenvalue weighted by molar-refractivity contribution is 5.94. The molecular weight excluding hydrogens is 271 g/mol. The van der Waals surface area contributed by atoms with Crippen molar-refractivity contribution < 1.29 is 23.1 Å². The highest BCUT2D eigenvalue weighted by Crippen LogP contribution is 2.24. The van der Waals surface area contributed by atoms with Crippen molar-refractivity contribution in [3.63, 3.8) is 0 Å². The first-order chi connectivity index (χ1) is 9.54. The number of benzene rings is 1. The molecule has 1 aromatic carbocycles. The number of halogens is 3. The lowest BCUT2D eigenvalue weighted by atomic mass is 10.1. The molecule has 0 radical (unpaired) electrons. The Labute approximate surface area is 115 Å². The van der Waals surface area contributed by atoms with Crippen LogP contribution in [0.3, 0.4) is 0 Å². The van der Waals surface area contributed by atoms with Gasteiger partial charge in [0.15, 0.2) is 17.5 Å². The number of hydrogen-bond acceptors (Lipinski definition) is 2. The van der Waals surface area contributed by atoms with Gasteiger partial charge in [-0.1, -0.05) is 0 Å². The zero-order chi connectivity index (χ0) is 14.7. The van der Waals surface area contributed by atoms with Gasteiger partial charge in [0.25, 0.3) is 5.91 Å². The number of carbonyl (C=O) groups is 1. The van der Waals surface area contributed by atoms with Crippen LogP contribution in [-0.4, -0.2) is 35.1 Å². The summed E-state index contributed by atoms with van der Waals surface area (Å²) in [4.78, 5) is 13.8. The van der Waals surface area contributed by atoms with Crippen molar-refractivity contribution in [1.82, 2.24) is 4.90 Å². The molecule has 110 valence electrons. The molecule has 1 fully saturated rings. The van der Waals surface area contributed by atoms with Crippen molar-refractivity contribution in [3.8, 4) is 0 Å². The van der Waals surface area contributed by atoms with Gasteiger partial charge in [-0.2, -0.15) is 0 Å². The lowest BCUT2D eigenvalue weighted by Crippen LogP contribution is -2.35. The van der Waals surface area contributed by atoms with Gasteiger partial charge in [-0.15, -0.1) is 0 Å². The summed E-state index contributed by atoms with van der Waals surface area (Å²) in [6.45, 7) is 0.549. The summed E-state index contributed by atoms with van der Waals surface area (Å²) in [5, 5.41) is 8.83. The maximum absolute atomic E-state index is 13.2. The Hall–Kier alpha value is -1.56. The highest BCUT2D eigenvalue weighted by Gasteiger charge is 2.29. The third-order valence-electron chi connectivity index (χ3n) is 3.56. The summed E-state index contributed by atoms with van der Waals surface area (Å²) >= 11 is 0. The summed E-state index contributed by atoms with van der Waals surface area (Å²) in [5.74, 6) is -4.79. The van der Waals surface area contributed by atoms with E-state index in [1.165, 1.54) is 0 Å². The second-order valence-corrected chi connectivity index (χ2v) is 4.91. The van der Waals surface area contributed by atoms with Gasteiger partial charge in [0.2, 0.25) is 0 Å². The van der Waals surface area contributed by atoms with E-state index in [-0.39, 0.29) is 18.2 Å². The number of aliphatic hydroxyl groups is 1. The molecule has 2 rings (SSSR count). The number of likely N-dealkylation sites (tertiary alicyclic amines) is 1. The second kappa shape index (κ2) is 6.26. The molecule has 1 unspecified atom stereocenters. The zero-order valence-electron chi connectivity index (χ0n) is 10.9. The van der Waals surface area contributed by atoms with E-state index < -0.39 is 23.4 Å². The smallest absolute Gasteiger partial charge is 0.254 e. The molecule has 0 aliphatic carbocycles. The monoisotopic (exact) mass is 287 g/mol. The summed E-state index contributed by atoms with van der Waals surface area (Å²) in [5.41, 5.74) is -0.183. The Balaban J connectivity index is 2.18. The van der Waals surface area contributed by atoms with E-state index in [0.29, 0.717) is 19.4 Å². The van der Waals surface area contributed by atoms with E-state index in [0.717, 1.165) is 25.0 Å². The van der Waals surface area contributed by atoms with Gasteiger partial charge in [0.1, 0.15) is 0 Å². The SMILES string of the molecule is O=C(c1cc(F)c(F)c(F)c1)N1CCCC1CCCO. The van der Waals surface area contributed by atoms with Crippen molar-refractivity contribution in [3.05, 3.63) is 35.1 Å². The minimum atomic E-state index is -1.57. The number of amides is 1. The molecule has 1 aliphatic rings. The first-order valence-electron chi connectivity index (χ1n) is 6.61. The van der Waals surface area contributed by atoms with E-state index >= 15 is 0 Å².